The number of rotatable bonds is 9. The molecule has 26 heavy (non-hydrogen) atoms. The van der Waals surface area contributed by atoms with E-state index >= 15 is 0 Å². The fourth-order valence-electron chi connectivity index (χ4n) is 3.60. The number of amides is 2. The van der Waals surface area contributed by atoms with Gasteiger partial charge in [0.2, 0.25) is 11.8 Å². The quantitative estimate of drug-likeness (QED) is 0.689. The van der Waals surface area contributed by atoms with Crippen LogP contribution in [0.25, 0.3) is 0 Å². The van der Waals surface area contributed by atoms with Crippen molar-refractivity contribution in [1.29, 1.82) is 0 Å². The van der Waals surface area contributed by atoms with Gasteiger partial charge in [-0.1, -0.05) is 19.8 Å². The molecule has 2 amide bonds. The lowest BCUT2D eigenvalue weighted by molar-refractivity contribution is -0.137. The number of aromatic nitrogens is 1. The number of hydrogen-bond acceptors (Lipinski definition) is 3. The van der Waals surface area contributed by atoms with Crippen molar-refractivity contribution in [3.63, 3.8) is 0 Å². The third-order valence-electron chi connectivity index (χ3n) is 5.39. The van der Waals surface area contributed by atoms with Crippen molar-refractivity contribution in [2.75, 3.05) is 20.1 Å². The number of nitrogens with one attached hydrogen (secondary N) is 1. The Bertz CT molecular complexity index is 554. The van der Waals surface area contributed by atoms with Gasteiger partial charge < -0.3 is 10.2 Å². The molecule has 0 radical (unpaired) electrons. The number of hydrogen-bond donors (Lipinski definition) is 1. The molecule has 1 aliphatic rings. The van der Waals surface area contributed by atoms with Gasteiger partial charge in [-0.15, -0.1) is 0 Å². The standard InChI is InChI=1S/C21H33N3O2/c1-3-4-5-13-23-20(25)18-6-8-19(9-7-18)21(26)24(2)16-12-17-10-14-22-15-11-17/h10-11,14-15,18-19H,3-9,12-13,16H2,1-2H3,(H,23,25). The van der Waals surface area contributed by atoms with E-state index in [2.05, 4.69) is 17.2 Å². The van der Waals surface area contributed by atoms with Crippen LogP contribution in [0.1, 0.15) is 57.4 Å². The van der Waals surface area contributed by atoms with E-state index in [1.807, 2.05) is 24.1 Å². The van der Waals surface area contributed by atoms with Gasteiger partial charge >= 0.3 is 0 Å². The first kappa shape index (κ1) is 20.4. The molecule has 1 aliphatic carbocycles. The smallest absolute Gasteiger partial charge is 0.225 e. The van der Waals surface area contributed by atoms with Crippen molar-refractivity contribution in [2.45, 2.75) is 58.3 Å². The van der Waals surface area contributed by atoms with E-state index in [-0.39, 0.29) is 23.7 Å². The van der Waals surface area contributed by atoms with Crippen LogP contribution in [0.2, 0.25) is 0 Å². The molecule has 5 heteroatoms. The summed E-state index contributed by atoms with van der Waals surface area (Å²) in [6.07, 6.45) is 11.1. The van der Waals surface area contributed by atoms with Gasteiger partial charge in [0.05, 0.1) is 0 Å². The summed E-state index contributed by atoms with van der Waals surface area (Å²) in [5, 5.41) is 3.05. The fraction of sp³-hybridized carbons (Fsp3) is 0.667. The van der Waals surface area contributed by atoms with Crippen LogP contribution in [-0.2, 0) is 16.0 Å². The Morgan fingerprint density at radius 2 is 1.77 bits per heavy atom. The molecule has 1 heterocycles. The number of unbranched alkanes of at least 4 members (excludes halogenated alkanes) is 2. The first-order chi connectivity index (χ1) is 12.6. The highest BCUT2D eigenvalue weighted by Gasteiger charge is 2.31. The predicted molar refractivity (Wildman–Crippen MR) is 104 cm³/mol. The topological polar surface area (TPSA) is 62.3 Å². The summed E-state index contributed by atoms with van der Waals surface area (Å²) in [5.41, 5.74) is 1.20. The highest BCUT2D eigenvalue weighted by molar-refractivity contribution is 5.81. The molecule has 1 N–H and O–H groups in total. The third-order valence-corrected chi connectivity index (χ3v) is 5.39. The normalized spacial score (nSPS) is 19.8. The second-order valence-corrected chi connectivity index (χ2v) is 7.41. The maximum absolute atomic E-state index is 12.7. The number of carbonyl (C=O) groups excluding carboxylic acids is 2. The molecule has 144 valence electrons. The molecule has 0 atom stereocenters. The molecule has 0 saturated heterocycles. The minimum Gasteiger partial charge on any atom is -0.356 e. The Hall–Kier alpha value is -1.91. The van der Waals surface area contributed by atoms with E-state index < -0.39 is 0 Å². The average Bonchev–Trinajstić information content (AvgIpc) is 2.69. The highest BCUT2D eigenvalue weighted by Crippen LogP contribution is 2.30. The molecule has 0 unspecified atom stereocenters. The summed E-state index contributed by atoms with van der Waals surface area (Å²) in [5.74, 6) is 0.559. The van der Waals surface area contributed by atoms with Gasteiger partial charge in [-0.25, -0.2) is 0 Å². The first-order valence-corrected chi connectivity index (χ1v) is 10.0. The Labute approximate surface area is 157 Å². The van der Waals surface area contributed by atoms with Gasteiger partial charge in [-0.05, 0) is 56.2 Å². The molecular formula is C21H33N3O2. The fourth-order valence-corrected chi connectivity index (χ4v) is 3.60. The molecule has 1 fully saturated rings. The van der Waals surface area contributed by atoms with Gasteiger partial charge in [0.25, 0.3) is 0 Å². The lowest BCUT2D eigenvalue weighted by atomic mass is 9.81. The summed E-state index contributed by atoms with van der Waals surface area (Å²) >= 11 is 0. The van der Waals surface area contributed by atoms with Crippen molar-refractivity contribution < 1.29 is 9.59 Å². The van der Waals surface area contributed by atoms with Crippen molar-refractivity contribution in [3.05, 3.63) is 30.1 Å². The molecule has 2 rings (SSSR count). The number of likely N-dealkylation sites (N-methyl/N-ethyl adjacent to an activating group) is 1. The van der Waals surface area contributed by atoms with Gasteiger partial charge in [-0.3, -0.25) is 14.6 Å². The zero-order chi connectivity index (χ0) is 18.8. The molecule has 1 aromatic heterocycles. The minimum absolute atomic E-state index is 0.0709. The second-order valence-electron chi connectivity index (χ2n) is 7.41. The van der Waals surface area contributed by atoms with Crippen LogP contribution in [0.4, 0.5) is 0 Å². The minimum atomic E-state index is 0.0709. The van der Waals surface area contributed by atoms with Crippen molar-refractivity contribution in [3.8, 4) is 0 Å². The zero-order valence-electron chi connectivity index (χ0n) is 16.2. The van der Waals surface area contributed by atoms with E-state index in [0.717, 1.165) is 64.5 Å². The monoisotopic (exact) mass is 359 g/mol. The lowest BCUT2D eigenvalue weighted by Crippen LogP contribution is -2.39. The van der Waals surface area contributed by atoms with Crippen LogP contribution in [0, 0.1) is 11.8 Å². The summed E-state index contributed by atoms with van der Waals surface area (Å²) in [7, 11) is 1.88. The third kappa shape index (κ3) is 6.43. The number of pyridine rings is 1. The lowest BCUT2D eigenvalue weighted by Gasteiger charge is -2.30. The first-order valence-electron chi connectivity index (χ1n) is 10.0. The van der Waals surface area contributed by atoms with E-state index in [0.29, 0.717) is 0 Å². The number of nitrogens with zero attached hydrogens (tertiary/aromatic N) is 2. The summed E-state index contributed by atoms with van der Waals surface area (Å²) in [6, 6.07) is 3.98. The predicted octanol–water partition coefficient (Wildman–Crippen LogP) is 3.20. The Kier molecular flexibility index (Phi) is 8.59. The molecule has 0 spiro atoms. The van der Waals surface area contributed by atoms with Crippen molar-refractivity contribution in [1.82, 2.24) is 15.2 Å². The maximum atomic E-state index is 12.7. The molecule has 0 bridgehead atoms. The largest absolute Gasteiger partial charge is 0.356 e. The van der Waals surface area contributed by atoms with Gasteiger partial charge in [0, 0.05) is 44.4 Å². The average molecular weight is 360 g/mol. The molecule has 1 aromatic rings. The molecule has 0 aromatic carbocycles. The van der Waals surface area contributed by atoms with Crippen LogP contribution < -0.4 is 5.32 Å². The van der Waals surface area contributed by atoms with Crippen LogP contribution in [0.5, 0.6) is 0 Å². The molecule has 1 saturated carbocycles. The maximum Gasteiger partial charge on any atom is 0.225 e. The highest BCUT2D eigenvalue weighted by atomic mass is 16.2. The molecule has 5 nitrogen and oxygen atoms in total. The second kappa shape index (κ2) is 10.9. The Balaban J connectivity index is 1.69. The van der Waals surface area contributed by atoms with Crippen LogP contribution in [0.3, 0.4) is 0 Å². The van der Waals surface area contributed by atoms with Crippen LogP contribution >= 0.6 is 0 Å². The van der Waals surface area contributed by atoms with Gasteiger partial charge in [0.1, 0.15) is 0 Å². The van der Waals surface area contributed by atoms with E-state index in [9.17, 15) is 9.59 Å². The van der Waals surface area contributed by atoms with E-state index in [1.165, 1.54) is 5.56 Å². The van der Waals surface area contributed by atoms with Crippen molar-refractivity contribution in [2.24, 2.45) is 11.8 Å². The molecule has 0 aliphatic heterocycles. The van der Waals surface area contributed by atoms with E-state index in [1.54, 1.807) is 12.4 Å². The summed E-state index contributed by atoms with van der Waals surface area (Å²) in [4.78, 5) is 30.7. The summed E-state index contributed by atoms with van der Waals surface area (Å²) < 4.78 is 0. The van der Waals surface area contributed by atoms with Crippen LogP contribution in [-0.4, -0.2) is 41.8 Å². The molecular weight excluding hydrogens is 326 g/mol. The summed E-state index contributed by atoms with van der Waals surface area (Å²) in [6.45, 7) is 3.66. The van der Waals surface area contributed by atoms with Crippen molar-refractivity contribution >= 4 is 11.8 Å². The van der Waals surface area contributed by atoms with E-state index in [4.69, 9.17) is 0 Å². The number of carbonyl (C=O) groups is 2. The Morgan fingerprint density at radius 1 is 1.12 bits per heavy atom. The SMILES string of the molecule is CCCCCNC(=O)C1CCC(C(=O)N(C)CCc2ccncc2)CC1. The van der Waals surface area contributed by atoms with Crippen LogP contribution in [0.15, 0.2) is 24.5 Å². The zero-order valence-corrected chi connectivity index (χ0v) is 16.2. The van der Waals surface area contributed by atoms with Gasteiger partial charge in [-0.2, -0.15) is 0 Å². The Morgan fingerprint density at radius 3 is 2.42 bits per heavy atom. The van der Waals surface area contributed by atoms with Gasteiger partial charge in [0.15, 0.2) is 0 Å².